The van der Waals surface area contributed by atoms with Crippen LogP contribution >= 0.6 is 23.2 Å². The summed E-state index contributed by atoms with van der Waals surface area (Å²) in [6.07, 6.45) is 4.66. The van der Waals surface area contributed by atoms with Crippen LogP contribution in [-0.4, -0.2) is 31.6 Å². The highest BCUT2D eigenvalue weighted by molar-refractivity contribution is 6.31. The van der Waals surface area contributed by atoms with Crippen molar-refractivity contribution in [1.82, 2.24) is 19.7 Å². The number of hydrogen-bond donors (Lipinski definition) is 2. The minimum atomic E-state index is -0.470. The van der Waals surface area contributed by atoms with Crippen LogP contribution in [0.5, 0.6) is 0 Å². The number of nitrogens with zero attached hydrogens (tertiary/aromatic N) is 4. The third kappa shape index (κ3) is 5.29. The maximum absolute atomic E-state index is 12.8. The van der Waals surface area contributed by atoms with Gasteiger partial charge in [0.2, 0.25) is 0 Å². The third-order valence-corrected chi connectivity index (χ3v) is 4.95. The lowest BCUT2D eigenvalue weighted by Crippen LogP contribution is -2.18. The molecule has 0 fully saturated rings. The van der Waals surface area contributed by atoms with E-state index in [1.165, 1.54) is 12.3 Å². The first-order valence-electron chi connectivity index (χ1n) is 9.43. The molecule has 2 heterocycles. The van der Waals surface area contributed by atoms with Crippen LogP contribution in [-0.2, 0) is 6.54 Å². The Labute approximate surface area is 193 Å². The molecule has 2 N–H and O–H groups in total. The van der Waals surface area contributed by atoms with Crippen LogP contribution in [0.2, 0.25) is 10.0 Å². The van der Waals surface area contributed by atoms with Gasteiger partial charge in [-0.2, -0.15) is 0 Å². The summed E-state index contributed by atoms with van der Waals surface area (Å²) in [5, 5.41) is 13.8. The van der Waals surface area contributed by atoms with E-state index in [4.69, 9.17) is 23.2 Å². The van der Waals surface area contributed by atoms with Crippen molar-refractivity contribution in [3.63, 3.8) is 0 Å². The fourth-order valence-electron chi connectivity index (χ4n) is 2.92. The summed E-state index contributed by atoms with van der Waals surface area (Å²) in [5.41, 5.74) is 1.95. The van der Waals surface area contributed by atoms with E-state index >= 15 is 0 Å². The van der Waals surface area contributed by atoms with Crippen LogP contribution in [0.25, 0.3) is 0 Å². The molecule has 2 amide bonds. The zero-order valence-corrected chi connectivity index (χ0v) is 18.0. The molecule has 10 heteroatoms. The van der Waals surface area contributed by atoms with Gasteiger partial charge in [0, 0.05) is 23.3 Å². The molecule has 0 aliphatic carbocycles. The fraction of sp³-hybridized carbons (Fsp3) is 0.0455. The molecule has 4 rings (SSSR count). The molecule has 4 aromatic rings. The number of pyridine rings is 1. The number of amides is 2. The van der Waals surface area contributed by atoms with Gasteiger partial charge in [-0.1, -0.05) is 35.3 Å². The highest BCUT2D eigenvalue weighted by Crippen LogP contribution is 2.23. The van der Waals surface area contributed by atoms with Crippen molar-refractivity contribution >= 4 is 46.5 Å². The van der Waals surface area contributed by atoms with E-state index in [0.717, 1.165) is 5.56 Å². The van der Waals surface area contributed by atoms with E-state index in [-0.39, 0.29) is 11.5 Å². The molecular weight excluding hydrogens is 451 g/mol. The molecule has 0 saturated carbocycles. The number of aromatic nitrogens is 4. The minimum absolute atomic E-state index is 0.201. The van der Waals surface area contributed by atoms with Crippen molar-refractivity contribution in [2.75, 3.05) is 10.6 Å². The van der Waals surface area contributed by atoms with E-state index in [9.17, 15) is 9.59 Å². The molecular formula is C22H16Cl2N6O2. The van der Waals surface area contributed by atoms with Crippen molar-refractivity contribution in [2.45, 2.75) is 6.54 Å². The van der Waals surface area contributed by atoms with Crippen molar-refractivity contribution in [3.05, 3.63) is 100 Å². The van der Waals surface area contributed by atoms with Gasteiger partial charge in [0.05, 0.1) is 16.3 Å². The molecule has 0 saturated heterocycles. The lowest BCUT2D eigenvalue weighted by Gasteiger charge is -2.12. The zero-order valence-electron chi connectivity index (χ0n) is 16.5. The van der Waals surface area contributed by atoms with Crippen LogP contribution in [0.4, 0.5) is 11.5 Å². The third-order valence-electron chi connectivity index (χ3n) is 4.49. The standard InChI is InChI=1S/C22H16Cl2N6O2/c23-16-5-7-19(18(9-16)22(32)29-20-8-6-17(24)10-25-20)28-21(31)15-3-1-14(2-4-15)11-30-12-26-27-13-30/h1-10,12-13H,11H2,(H,28,31)(H,25,29,32). The number of halogens is 2. The predicted octanol–water partition coefficient (Wildman–Crippen LogP) is 4.53. The summed E-state index contributed by atoms with van der Waals surface area (Å²) in [6.45, 7) is 0.592. The summed E-state index contributed by atoms with van der Waals surface area (Å²) in [4.78, 5) is 29.6. The Morgan fingerprint density at radius 3 is 2.25 bits per heavy atom. The molecule has 0 aliphatic rings. The topological polar surface area (TPSA) is 102 Å². The summed E-state index contributed by atoms with van der Waals surface area (Å²) in [7, 11) is 0. The van der Waals surface area contributed by atoms with Gasteiger partial charge < -0.3 is 15.2 Å². The SMILES string of the molecule is O=C(Nc1ccc(Cl)cc1C(=O)Nc1ccc(Cl)cn1)c1ccc(Cn2cnnc2)cc1. The highest BCUT2D eigenvalue weighted by Gasteiger charge is 2.16. The van der Waals surface area contributed by atoms with Gasteiger partial charge in [-0.25, -0.2) is 4.98 Å². The van der Waals surface area contributed by atoms with E-state index in [2.05, 4.69) is 25.8 Å². The molecule has 0 radical (unpaired) electrons. The first-order chi connectivity index (χ1) is 15.5. The van der Waals surface area contributed by atoms with Gasteiger partial charge >= 0.3 is 0 Å². The van der Waals surface area contributed by atoms with Gasteiger partial charge in [0.25, 0.3) is 11.8 Å². The molecule has 8 nitrogen and oxygen atoms in total. The molecule has 0 spiro atoms. The van der Waals surface area contributed by atoms with Gasteiger partial charge in [0.1, 0.15) is 18.5 Å². The largest absolute Gasteiger partial charge is 0.321 e. The Kier molecular flexibility index (Phi) is 6.44. The summed E-state index contributed by atoms with van der Waals surface area (Å²) in [6, 6.07) is 14.9. The number of hydrogen-bond acceptors (Lipinski definition) is 5. The highest BCUT2D eigenvalue weighted by atomic mass is 35.5. The Bertz CT molecular complexity index is 1240. The molecule has 0 unspecified atom stereocenters. The Hall–Kier alpha value is -3.75. The summed E-state index contributed by atoms with van der Waals surface area (Å²) >= 11 is 11.9. The van der Waals surface area contributed by atoms with Crippen molar-refractivity contribution in [1.29, 1.82) is 0 Å². The van der Waals surface area contributed by atoms with E-state index in [1.54, 1.807) is 49.1 Å². The van der Waals surface area contributed by atoms with Gasteiger partial charge in [-0.3, -0.25) is 9.59 Å². The average Bonchev–Trinajstić information content (AvgIpc) is 3.30. The molecule has 2 aromatic carbocycles. The Morgan fingerprint density at radius 2 is 1.56 bits per heavy atom. The maximum atomic E-state index is 12.8. The smallest absolute Gasteiger partial charge is 0.258 e. The molecule has 160 valence electrons. The molecule has 2 aromatic heterocycles. The second kappa shape index (κ2) is 9.59. The second-order valence-electron chi connectivity index (χ2n) is 6.79. The number of nitrogens with one attached hydrogen (secondary N) is 2. The van der Waals surface area contributed by atoms with Crippen molar-refractivity contribution in [3.8, 4) is 0 Å². The lowest BCUT2D eigenvalue weighted by atomic mass is 10.1. The maximum Gasteiger partial charge on any atom is 0.258 e. The van der Waals surface area contributed by atoms with Gasteiger partial charge in [-0.05, 0) is 48.0 Å². The summed E-state index contributed by atoms with van der Waals surface area (Å²) < 4.78 is 1.82. The first-order valence-corrected chi connectivity index (χ1v) is 10.2. The van der Waals surface area contributed by atoms with Crippen LogP contribution < -0.4 is 10.6 Å². The lowest BCUT2D eigenvalue weighted by molar-refractivity contribution is 0.102. The Balaban J connectivity index is 1.49. The van der Waals surface area contributed by atoms with Crippen LogP contribution in [0.3, 0.4) is 0 Å². The Morgan fingerprint density at radius 1 is 0.844 bits per heavy atom. The van der Waals surface area contributed by atoms with Crippen molar-refractivity contribution in [2.24, 2.45) is 0 Å². The van der Waals surface area contributed by atoms with Gasteiger partial charge in [-0.15, -0.1) is 10.2 Å². The van der Waals surface area contributed by atoms with E-state index < -0.39 is 5.91 Å². The zero-order chi connectivity index (χ0) is 22.5. The first kappa shape index (κ1) is 21.5. The molecule has 32 heavy (non-hydrogen) atoms. The number of carbonyl (C=O) groups excluding carboxylic acids is 2. The molecule has 0 atom stereocenters. The predicted molar refractivity (Wildman–Crippen MR) is 122 cm³/mol. The quantitative estimate of drug-likeness (QED) is 0.434. The molecule has 0 bridgehead atoms. The van der Waals surface area contributed by atoms with Gasteiger partial charge in [0.15, 0.2) is 0 Å². The molecule has 0 aliphatic heterocycles. The van der Waals surface area contributed by atoms with Crippen molar-refractivity contribution < 1.29 is 9.59 Å². The number of rotatable bonds is 6. The van der Waals surface area contributed by atoms with Crippen LogP contribution in [0.15, 0.2) is 73.4 Å². The monoisotopic (exact) mass is 466 g/mol. The number of benzene rings is 2. The minimum Gasteiger partial charge on any atom is -0.321 e. The van der Waals surface area contributed by atoms with E-state index in [1.807, 2.05) is 16.7 Å². The fourth-order valence-corrected chi connectivity index (χ4v) is 3.20. The second-order valence-corrected chi connectivity index (χ2v) is 7.66. The van der Waals surface area contributed by atoms with E-state index in [0.29, 0.717) is 33.7 Å². The summed E-state index contributed by atoms with van der Waals surface area (Å²) in [5.74, 6) is -0.510. The van der Waals surface area contributed by atoms with Crippen LogP contribution in [0.1, 0.15) is 26.3 Å². The normalized spacial score (nSPS) is 10.6. The number of carbonyl (C=O) groups is 2. The van der Waals surface area contributed by atoms with Crippen LogP contribution in [0, 0.1) is 0 Å². The number of anilines is 2. The average molecular weight is 467 g/mol.